The van der Waals surface area contributed by atoms with Gasteiger partial charge in [-0.1, -0.05) is 13.8 Å². The van der Waals surface area contributed by atoms with Gasteiger partial charge < -0.3 is 14.6 Å². The highest BCUT2D eigenvalue weighted by Gasteiger charge is 2.35. The first-order chi connectivity index (χ1) is 9.09. The quantitative estimate of drug-likeness (QED) is 0.908. The second-order valence-electron chi connectivity index (χ2n) is 4.78. The van der Waals surface area contributed by atoms with Gasteiger partial charge in [0.2, 0.25) is 11.8 Å². The molecule has 1 saturated heterocycles. The van der Waals surface area contributed by atoms with Crippen molar-refractivity contribution < 1.29 is 14.0 Å². The SMILES string of the molecule is CC(C)C(=O)N1CSCC1C(=O)NCc1ccco1. The van der Waals surface area contributed by atoms with Gasteiger partial charge in [0.1, 0.15) is 11.8 Å². The molecular weight excluding hydrogens is 264 g/mol. The van der Waals surface area contributed by atoms with Crippen LogP contribution in [-0.2, 0) is 16.1 Å². The molecule has 6 heteroatoms. The summed E-state index contributed by atoms with van der Waals surface area (Å²) in [5, 5.41) is 2.81. The van der Waals surface area contributed by atoms with Crippen molar-refractivity contribution in [1.82, 2.24) is 10.2 Å². The Bertz CT molecular complexity index is 445. The Morgan fingerprint density at radius 3 is 3.00 bits per heavy atom. The molecule has 1 atom stereocenters. The zero-order valence-electron chi connectivity index (χ0n) is 11.1. The molecule has 1 unspecified atom stereocenters. The fourth-order valence-electron chi connectivity index (χ4n) is 1.91. The molecule has 5 nitrogen and oxygen atoms in total. The average molecular weight is 282 g/mol. The summed E-state index contributed by atoms with van der Waals surface area (Å²) in [5.74, 6) is 1.79. The van der Waals surface area contributed by atoms with E-state index in [9.17, 15) is 9.59 Å². The summed E-state index contributed by atoms with van der Waals surface area (Å²) in [7, 11) is 0. The van der Waals surface area contributed by atoms with Crippen molar-refractivity contribution in [2.75, 3.05) is 11.6 Å². The Balaban J connectivity index is 1.92. The first-order valence-corrected chi connectivity index (χ1v) is 7.43. The van der Waals surface area contributed by atoms with E-state index in [1.54, 1.807) is 35.1 Å². The van der Waals surface area contributed by atoms with E-state index >= 15 is 0 Å². The number of rotatable bonds is 4. The summed E-state index contributed by atoms with van der Waals surface area (Å²) in [6.07, 6.45) is 1.57. The third kappa shape index (κ3) is 3.32. The van der Waals surface area contributed by atoms with Crippen molar-refractivity contribution in [3.8, 4) is 0 Å². The lowest BCUT2D eigenvalue weighted by Crippen LogP contribution is -2.48. The van der Waals surface area contributed by atoms with Crippen molar-refractivity contribution in [2.24, 2.45) is 5.92 Å². The molecule has 1 aromatic heterocycles. The Hall–Kier alpha value is -1.43. The van der Waals surface area contributed by atoms with E-state index in [0.717, 1.165) is 0 Å². The zero-order chi connectivity index (χ0) is 13.8. The summed E-state index contributed by atoms with van der Waals surface area (Å²) in [6.45, 7) is 4.06. The van der Waals surface area contributed by atoms with Crippen LogP contribution in [0.4, 0.5) is 0 Å². The molecule has 2 amide bonds. The normalized spacial score (nSPS) is 18.9. The number of nitrogens with zero attached hydrogens (tertiary/aromatic N) is 1. The van der Waals surface area contributed by atoms with Crippen LogP contribution in [0.5, 0.6) is 0 Å². The Morgan fingerprint density at radius 2 is 2.37 bits per heavy atom. The molecule has 1 fully saturated rings. The first-order valence-electron chi connectivity index (χ1n) is 6.28. The molecule has 1 aliphatic heterocycles. The molecule has 0 aliphatic carbocycles. The minimum absolute atomic E-state index is 0.0307. The second kappa shape index (κ2) is 6.14. The van der Waals surface area contributed by atoms with Gasteiger partial charge in [-0.25, -0.2) is 0 Å². The molecule has 0 radical (unpaired) electrons. The van der Waals surface area contributed by atoms with Gasteiger partial charge in [-0.2, -0.15) is 0 Å². The van der Waals surface area contributed by atoms with Gasteiger partial charge in [0, 0.05) is 11.7 Å². The van der Waals surface area contributed by atoms with Gasteiger partial charge in [0.15, 0.2) is 0 Å². The summed E-state index contributed by atoms with van der Waals surface area (Å²) in [6, 6.07) is 3.22. The average Bonchev–Trinajstić information content (AvgIpc) is 3.05. The van der Waals surface area contributed by atoms with E-state index in [0.29, 0.717) is 23.9 Å². The third-order valence-corrected chi connectivity index (χ3v) is 3.99. The fraction of sp³-hybridized carbons (Fsp3) is 0.538. The summed E-state index contributed by atoms with van der Waals surface area (Å²) in [4.78, 5) is 25.8. The molecule has 0 saturated carbocycles. The largest absolute Gasteiger partial charge is 0.467 e. The topological polar surface area (TPSA) is 62.6 Å². The molecule has 0 bridgehead atoms. The standard InChI is InChI=1S/C13H18N2O3S/c1-9(2)13(17)15-8-19-7-11(15)12(16)14-6-10-4-3-5-18-10/h3-5,9,11H,6-8H2,1-2H3,(H,14,16). The van der Waals surface area contributed by atoms with Crippen LogP contribution in [0.15, 0.2) is 22.8 Å². The number of amides is 2. The molecule has 19 heavy (non-hydrogen) atoms. The number of nitrogens with one attached hydrogen (secondary N) is 1. The van der Waals surface area contributed by atoms with Crippen molar-refractivity contribution in [1.29, 1.82) is 0 Å². The van der Waals surface area contributed by atoms with Gasteiger partial charge in [-0.3, -0.25) is 9.59 Å². The van der Waals surface area contributed by atoms with Crippen LogP contribution in [0, 0.1) is 5.92 Å². The van der Waals surface area contributed by atoms with Crippen molar-refractivity contribution in [3.63, 3.8) is 0 Å². The highest BCUT2D eigenvalue weighted by Crippen LogP contribution is 2.23. The van der Waals surface area contributed by atoms with Crippen LogP contribution in [0.3, 0.4) is 0 Å². The first kappa shape index (κ1) is 14.0. The highest BCUT2D eigenvalue weighted by atomic mass is 32.2. The molecule has 2 rings (SSSR count). The van der Waals surface area contributed by atoms with Crippen LogP contribution >= 0.6 is 11.8 Å². The smallest absolute Gasteiger partial charge is 0.244 e. The maximum atomic E-state index is 12.1. The number of thioether (sulfide) groups is 1. The van der Waals surface area contributed by atoms with Gasteiger partial charge >= 0.3 is 0 Å². The van der Waals surface area contributed by atoms with Crippen LogP contribution in [0.1, 0.15) is 19.6 Å². The van der Waals surface area contributed by atoms with Gasteiger partial charge in [0.25, 0.3) is 0 Å². The van der Waals surface area contributed by atoms with Gasteiger partial charge in [-0.15, -0.1) is 11.8 Å². The van der Waals surface area contributed by atoms with Crippen LogP contribution in [0.25, 0.3) is 0 Å². The van der Waals surface area contributed by atoms with E-state index < -0.39 is 0 Å². The van der Waals surface area contributed by atoms with E-state index in [1.165, 1.54) is 0 Å². The Kier molecular flexibility index (Phi) is 4.52. The van der Waals surface area contributed by atoms with Crippen molar-refractivity contribution in [3.05, 3.63) is 24.2 Å². The summed E-state index contributed by atoms with van der Waals surface area (Å²) < 4.78 is 5.16. The van der Waals surface area contributed by atoms with E-state index in [-0.39, 0.29) is 23.8 Å². The van der Waals surface area contributed by atoms with Crippen molar-refractivity contribution >= 4 is 23.6 Å². The molecule has 1 N–H and O–H groups in total. The Labute approximate surface area is 116 Å². The predicted octanol–water partition coefficient (Wildman–Crippen LogP) is 1.45. The molecule has 1 aliphatic rings. The lowest BCUT2D eigenvalue weighted by molar-refractivity contribution is -0.140. The summed E-state index contributed by atoms with van der Waals surface area (Å²) in [5.41, 5.74) is 0. The van der Waals surface area contributed by atoms with Crippen molar-refractivity contribution in [2.45, 2.75) is 26.4 Å². The van der Waals surface area contributed by atoms with Crippen LogP contribution < -0.4 is 5.32 Å². The number of furan rings is 1. The van der Waals surface area contributed by atoms with Crippen LogP contribution in [-0.4, -0.2) is 34.4 Å². The van der Waals surface area contributed by atoms with Gasteiger partial charge in [-0.05, 0) is 12.1 Å². The minimum Gasteiger partial charge on any atom is -0.467 e. The fourth-order valence-corrected chi connectivity index (χ4v) is 3.08. The van der Waals surface area contributed by atoms with E-state index in [4.69, 9.17) is 4.42 Å². The molecule has 0 aromatic carbocycles. The zero-order valence-corrected chi connectivity index (χ0v) is 11.9. The predicted molar refractivity (Wildman–Crippen MR) is 73.4 cm³/mol. The molecule has 0 spiro atoms. The van der Waals surface area contributed by atoms with Gasteiger partial charge in [0.05, 0.1) is 18.7 Å². The lowest BCUT2D eigenvalue weighted by Gasteiger charge is -2.24. The Morgan fingerprint density at radius 1 is 1.58 bits per heavy atom. The molecule has 1 aromatic rings. The number of carbonyl (C=O) groups is 2. The van der Waals surface area contributed by atoms with Crippen LogP contribution in [0.2, 0.25) is 0 Å². The highest BCUT2D eigenvalue weighted by molar-refractivity contribution is 7.99. The van der Waals surface area contributed by atoms with E-state index in [1.807, 2.05) is 13.8 Å². The number of hydrogen-bond donors (Lipinski definition) is 1. The molecular formula is C13H18N2O3S. The maximum absolute atomic E-state index is 12.1. The molecule has 2 heterocycles. The van der Waals surface area contributed by atoms with E-state index in [2.05, 4.69) is 5.32 Å². The summed E-state index contributed by atoms with van der Waals surface area (Å²) >= 11 is 1.61. The minimum atomic E-state index is -0.366. The second-order valence-corrected chi connectivity index (χ2v) is 5.78. The number of hydrogen-bond acceptors (Lipinski definition) is 4. The molecule has 104 valence electrons. The maximum Gasteiger partial charge on any atom is 0.244 e. The third-order valence-electron chi connectivity index (χ3n) is 2.98. The number of carbonyl (C=O) groups excluding carboxylic acids is 2. The lowest BCUT2D eigenvalue weighted by atomic mass is 10.1. The monoisotopic (exact) mass is 282 g/mol.